The van der Waals surface area contributed by atoms with Gasteiger partial charge in [0.1, 0.15) is 5.82 Å². The van der Waals surface area contributed by atoms with Crippen molar-refractivity contribution in [2.45, 2.75) is 19.9 Å². The first kappa shape index (κ1) is 13.4. The standard InChI is InChI=1S/C11H18N4O2/c1-8-6-12-11(5-10(8)15(16)17)13-9(2)7-14(3)4/h5-6,9H,7H2,1-4H3,(H,12,13). The highest BCUT2D eigenvalue weighted by Gasteiger charge is 2.13. The molecule has 1 unspecified atom stereocenters. The summed E-state index contributed by atoms with van der Waals surface area (Å²) in [4.78, 5) is 16.6. The number of nitrogens with zero attached hydrogens (tertiary/aromatic N) is 3. The Hall–Kier alpha value is -1.69. The second kappa shape index (κ2) is 5.58. The molecule has 17 heavy (non-hydrogen) atoms. The van der Waals surface area contributed by atoms with Crippen molar-refractivity contribution in [2.24, 2.45) is 0 Å². The number of nitro groups is 1. The molecule has 94 valence electrons. The molecule has 0 spiro atoms. The zero-order valence-electron chi connectivity index (χ0n) is 10.6. The normalized spacial score (nSPS) is 12.5. The maximum Gasteiger partial charge on any atom is 0.277 e. The van der Waals surface area contributed by atoms with Gasteiger partial charge in [0.2, 0.25) is 0 Å². The van der Waals surface area contributed by atoms with E-state index in [2.05, 4.69) is 10.3 Å². The first-order valence-electron chi connectivity index (χ1n) is 5.42. The number of hydrogen-bond acceptors (Lipinski definition) is 5. The van der Waals surface area contributed by atoms with E-state index in [1.807, 2.05) is 25.9 Å². The lowest BCUT2D eigenvalue weighted by molar-refractivity contribution is -0.385. The molecule has 0 aliphatic rings. The Kier molecular flexibility index (Phi) is 4.39. The fraction of sp³-hybridized carbons (Fsp3) is 0.545. The lowest BCUT2D eigenvalue weighted by Crippen LogP contribution is -2.29. The predicted molar refractivity (Wildman–Crippen MR) is 67.3 cm³/mol. The van der Waals surface area contributed by atoms with Crippen LogP contribution in [0.3, 0.4) is 0 Å². The molecule has 1 heterocycles. The summed E-state index contributed by atoms with van der Waals surface area (Å²) in [6.07, 6.45) is 1.52. The predicted octanol–water partition coefficient (Wildman–Crippen LogP) is 1.66. The van der Waals surface area contributed by atoms with E-state index >= 15 is 0 Å². The van der Waals surface area contributed by atoms with Crippen molar-refractivity contribution in [1.82, 2.24) is 9.88 Å². The lowest BCUT2D eigenvalue weighted by Gasteiger charge is -2.18. The van der Waals surface area contributed by atoms with Crippen LogP contribution in [0.2, 0.25) is 0 Å². The van der Waals surface area contributed by atoms with E-state index in [-0.39, 0.29) is 11.7 Å². The fourth-order valence-electron chi connectivity index (χ4n) is 1.63. The van der Waals surface area contributed by atoms with Gasteiger partial charge < -0.3 is 10.2 Å². The molecule has 1 N–H and O–H groups in total. The Morgan fingerprint density at radius 2 is 2.24 bits per heavy atom. The van der Waals surface area contributed by atoms with Gasteiger partial charge in [-0.1, -0.05) is 0 Å². The molecule has 1 aromatic rings. The minimum Gasteiger partial charge on any atom is -0.366 e. The zero-order chi connectivity index (χ0) is 13.0. The Bertz CT molecular complexity index is 406. The molecule has 0 bridgehead atoms. The van der Waals surface area contributed by atoms with Crippen molar-refractivity contribution in [3.63, 3.8) is 0 Å². The molecule has 0 amide bonds. The second-order valence-corrected chi connectivity index (χ2v) is 4.42. The van der Waals surface area contributed by atoms with E-state index < -0.39 is 4.92 Å². The van der Waals surface area contributed by atoms with Crippen LogP contribution in [0.25, 0.3) is 0 Å². The summed E-state index contributed by atoms with van der Waals surface area (Å²) < 4.78 is 0. The van der Waals surface area contributed by atoms with Gasteiger partial charge in [-0.15, -0.1) is 0 Å². The van der Waals surface area contributed by atoms with Crippen LogP contribution in [-0.4, -0.2) is 41.5 Å². The summed E-state index contributed by atoms with van der Waals surface area (Å²) in [6, 6.07) is 1.65. The maximum atomic E-state index is 10.8. The molecular weight excluding hydrogens is 220 g/mol. The minimum absolute atomic E-state index is 0.0968. The third-order valence-corrected chi connectivity index (χ3v) is 2.30. The van der Waals surface area contributed by atoms with Crippen LogP contribution in [0, 0.1) is 17.0 Å². The van der Waals surface area contributed by atoms with Gasteiger partial charge >= 0.3 is 0 Å². The molecular formula is C11H18N4O2. The SMILES string of the molecule is Cc1cnc(NC(C)CN(C)C)cc1[N+](=O)[O-]. The first-order valence-corrected chi connectivity index (χ1v) is 5.42. The highest BCUT2D eigenvalue weighted by Crippen LogP contribution is 2.20. The number of rotatable bonds is 5. The zero-order valence-corrected chi connectivity index (χ0v) is 10.6. The average Bonchev–Trinajstić information content (AvgIpc) is 2.19. The number of aryl methyl sites for hydroxylation is 1. The van der Waals surface area contributed by atoms with Crippen LogP contribution >= 0.6 is 0 Å². The number of pyridine rings is 1. The van der Waals surface area contributed by atoms with Gasteiger partial charge in [-0.25, -0.2) is 4.98 Å². The van der Waals surface area contributed by atoms with E-state index in [0.717, 1.165) is 6.54 Å². The van der Waals surface area contributed by atoms with Gasteiger partial charge in [-0.3, -0.25) is 10.1 Å². The van der Waals surface area contributed by atoms with Crippen LogP contribution in [0.15, 0.2) is 12.3 Å². The number of hydrogen-bond donors (Lipinski definition) is 1. The van der Waals surface area contributed by atoms with Crippen molar-refractivity contribution in [1.29, 1.82) is 0 Å². The van der Waals surface area contributed by atoms with Crippen LogP contribution in [0.1, 0.15) is 12.5 Å². The van der Waals surface area contributed by atoms with Gasteiger partial charge in [0, 0.05) is 24.3 Å². The molecule has 1 aromatic heterocycles. The Labute approximate surface area is 101 Å². The van der Waals surface area contributed by atoms with E-state index in [1.165, 1.54) is 12.3 Å². The first-order chi connectivity index (χ1) is 7.90. The van der Waals surface area contributed by atoms with Crippen LogP contribution < -0.4 is 5.32 Å². The van der Waals surface area contributed by atoms with Gasteiger partial charge in [-0.05, 0) is 27.9 Å². The molecule has 0 aliphatic heterocycles. The van der Waals surface area contributed by atoms with E-state index in [1.54, 1.807) is 6.92 Å². The largest absolute Gasteiger partial charge is 0.366 e. The summed E-state index contributed by atoms with van der Waals surface area (Å²) in [7, 11) is 3.95. The molecule has 0 aliphatic carbocycles. The summed E-state index contributed by atoms with van der Waals surface area (Å²) in [5, 5.41) is 13.9. The van der Waals surface area contributed by atoms with Crippen molar-refractivity contribution >= 4 is 11.5 Å². The van der Waals surface area contributed by atoms with Crippen LogP contribution in [0.5, 0.6) is 0 Å². The highest BCUT2D eigenvalue weighted by molar-refractivity contribution is 5.49. The minimum atomic E-state index is -0.390. The van der Waals surface area contributed by atoms with Gasteiger partial charge in [0.25, 0.3) is 5.69 Å². The maximum absolute atomic E-state index is 10.8. The summed E-state index contributed by atoms with van der Waals surface area (Å²) in [5.74, 6) is 0.539. The molecule has 6 heteroatoms. The molecule has 0 fully saturated rings. The Balaban J connectivity index is 2.79. The third kappa shape index (κ3) is 3.99. The fourth-order valence-corrected chi connectivity index (χ4v) is 1.63. The Morgan fingerprint density at radius 1 is 1.59 bits per heavy atom. The van der Waals surface area contributed by atoms with Crippen molar-refractivity contribution in [3.8, 4) is 0 Å². The van der Waals surface area contributed by atoms with E-state index in [4.69, 9.17) is 0 Å². The monoisotopic (exact) mass is 238 g/mol. The second-order valence-electron chi connectivity index (χ2n) is 4.42. The van der Waals surface area contributed by atoms with Crippen molar-refractivity contribution < 1.29 is 4.92 Å². The van der Waals surface area contributed by atoms with E-state index in [0.29, 0.717) is 11.4 Å². The molecule has 0 saturated heterocycles. The smallest absolute Gasteiger partial charge is 0.277 e. The topological polar surface area (TPSA) is 71.3 Å². The molecule has 0 saturated carbocycles. The van der Waals surface area contributed by atoms with E-state index in [9.17, 15) is 10.1 Å². The van der Waals surface area contributed by atoms with Crippen LogP contribution in [0.4, 0.5) is 11.5 Å². The highest BCUT2D eigenvalue weighted by atomic mass is 16.6. The lowest BCUT2D eigenvalue weighted by atomic mass is 10.2. The number of nitrogens with one attached hydrogen (secondary N) is 1. The number of likely N-dealkylation sites (N-methyl/N-ethyl adjacent to an activating group) is 1. The quantitative estimate of drug-likeness (QED) is 0.624. The van der Waals surface area contributed by atoms with Crippen molar-refractivity contribution in [2.75, 3.05) is 26.0 Å². The Morgan fingerprint density at radius 3 is 2.76 bits per heavy atom. The molecule has 1 atom stereocenters. The van der Waals surface area contributed by atoms with Gasteiger partial charge in [0.05, 0.1) is 11.0 Å². The summed E-state index contributed by atoms with van der Waals surface area (Å²) >= 11 is 0. The van der Waals surface area contributed by atoms with Gasteiger partial charge in [-0.2, -0.15) is 0 Å². The molecule has 0 aromatic carbocycles. The molecule has 0 radical (unpaired) electrons. The number of aromatic nitrogens is 1. The third-order valence-electron chi connectivity index (χ3n) is 2.30. The van der Waals surface area contributed by atoms with Gasteiger partial charge in [0.15, 0.2) is 0 Å². The van der Waals surface area contributed by atoms with Crippen LogP contribution in [-0.2, 0) is 0 Å². The average molecular weight is 238 g/mol. The number of anilines is 1. The molecule has 6 nitrogen and oxygen atoms in total. The molecule has 1 rings (SSSR count). The van der Waals surface area contributed by atoms with Crippen molar-refractivity contribution in [3.05, 3.63) is 27.9 Å². The summed E-state index contributed by atoms with van der Waals surface area (Å²) in [5.41, 5.74) is 0.667. The summed E-state index contributed by atoms with van der Waals surface area (Å²) in [6.45, 7) is 4.52.